The van der Waals surface area contributed by atoms with Crippen LogP contribution in [0.25, 0.3) is 0 Å². The minimum absolute atomic E-state index is 0.00730. The van der Waals surface area contributed by atoms with E-state index in [0.717, 1.165) is 24.1 Å². The minimum atomic E-state index is -0.504. The molecule has 118 valence electrons. The number of benzene rings is 1. The second-order valence-corrected chi connectivity index (χ2v) is 5.34. The number of aromatic nitrogens is 2. The van der Waals surface area contributed by atoms with Crippen LogP contribution in [-0.4, -0.2) is 20.4 Å². The topological polar surface area (TPSA) is 128 Å². The first-order valence-corrected chi connectivity index (χ1v) is 7.23. The second kappa shape index (κ2) is 5.57. The molecule has 0 aliphatic carbocycles. The van der Waals surface area contributed by atoms with Gasteiger partial charge in [0.05, 0.1) is 5.92 Å². The van der Waals surface area contributed by atoms with Gasteiger partial charge < -0.3 is 20.7 Å². The standard InChI is InChI=1S/C16H16N4O3/c1-2-3-10-14-13(8-4-5-11(21)12(22)6-8)9(7-17)15(18)23-16(14)20-19-10/h4-6,13,21-22H,2-3,18H2,1H3,(H,19,20)/t13-/m1/s1. The van der Waals surface area contributed by atoms with Crippen molar-refractivity contribution in [3.8, 4) is 23.4 Å². The van der Waals surface area contributed by atoms with Crippen molar-refractivity contribution in [2.75, 3.05) is 0 Å². The number of aryl methyl sites for hydroxylation is 1. The Morgan fingerprint density at radius 2 is 2.17 bits per heavy atom. The van der Waals surface area contributed by atoms with Gasteiger partial charge in [-0.15, -0.1) is 5.10 Å². The summed E-state index contributed by atoms with van der Waals surface area (Å²) in [5, 5.41) is 35.9. The van der Waals surface area contributed by atoms with Crippen molar-refractivity contribution in [1.82, 2.24) is 10.2 Å². The van der Waals surface area contributed by atoms with E-state index < -0.39 is 5.92 Å². The summed E-state index contributed by atoms with van der Waals surface area (Å²) in [4.78, 5) is 0. The number of nitrogens with two attached hydrogens (primary N) is 1. The fraction of sp³-hybridized carbons (Fsp3) is 0.250. The number of nitriles is 1. The average molecular weight is 312 g/mol. The summed E-state index contributed by atoms with van der Waals surface area (Å²) in [5.74, 6) is -0.658. The van der Waals surface area contributed by atoms with Crippen LogP contribution >= 0.6 is 0 Å². The summed E-state index contributed by atoms with van der Waals surface area (Å²) in [6, 6.07) is 6.52. The van der Waals surface area contributed by atoms with Gasteiger partial charge in [0.15, 0.2) is 11.5 Å². The lowest BCUT2D eigenvalue weighted by Gasteiger charge is -2.24. The molecule has 1 aromatic carbocycles. The highest BCUT2D eigenvalue weighted by atomic mass is 16.5. The van der Waals surface area contributed by atoms with Crippen molar-refractivity contribution in [3.05, 3.63) is 46.5 Å². The number of aromatic hydroxyl groups is 2. The summed E-state index contributed by atoms with van der Waals surface area (Å²) >= 11 is 0. The van der Waals surface area contributed by atoms with E-state index in [9.17, 15) is 15.5 Å². The van der Waals surface area contributed by atoms with Crippen LogP contribution in [0.15, 0.2) is 29.7 Å². The van der Waals surface area contributed by atoms with Crippen LogP contribution in [0.5, 0.6) is 17.4 Å². The zero-order valence-corrected chi connectivity index (χ0v) is 12.5. The number of aromatic amines is 1. The lowest BCUT2D eigenvalue weighted by Crippen LogP contribution is -2.21. The van der Waals surface area contributed by atoms with Gasteiger partial charge in [-0.3, -0.25) is 5.10 Å². The van der Waals surface area contributed by atoms with Crippen LogP contribution in [0.4, 0.5) is 0 Å². The molecule has 7 heteroatoms. The molecule has 0 saturated heterocycles. The number of phenolic OH excluding ortho intramolecular Hbond substituents is 2. The molecule has 0 saturated carbocycles. The van der Waals surface area contributed by atoms with Crippen LogP contribution in [0.2, 0.25) is 0 Å². The number of allylic oxidation sites excluding steroid dienone is 1. The Bertz CT molecular complexity index is 832. The third-order valence-electron chi connectivity index (χ3n) is 3.85. The summed E-state index contributed by atoms with van der Waals surface area (Å²) < 4.78 is 5.45. The summed E-state index contributed by atoms with van der Waals surface area (Å²) in [6.45, 7) is 2.04. The highest BCUT2D eigenvalue weighted by Gasteiger charge is 2.35. The molecule has 0 bridgehead atoms. The normalized spacial score (nSPS) is 16.6. The first-order valence-electron chi connectivity index (χ1n) is 7.23. The van der Waals surface area contributed by atoms with E-state index in [1.165, 1.54) is 12.1 Å². The first-order chi connectivity index (χ1) is 11.1. The van der Waals surface area contributed by atoms with Crippen LogP contribution in [0.1, 0.15) is 36.1 Å². The Balaban J connectivity index is 2.21. The van der Waals surface area contributed by atoms with Gasteiger partial charge >= 0.3 is 0 Å². The largest absolute Gasteiger partial charge is 0.504 e. The maximum atomic E-state index is 9.79. The van der Waals surface area contributed by atoms with E-state index >= 15 is 0 Å². The molecule has 1 aliphatic heterocycles. The molecule has 23 heavy (non-hydrogen) atoms. The lowest BCUT2D eigenvalue weighted by atomic mass is 9.83. The molecular formula is C16H16N4O3. The molecule has 0 fully saturated rings. The number of hydrogen-bond donors (Lipinski definition) is 4. The molecule has 0 amide bonds. The Kier molecular flexibility index (Phi) is 3.58. The van der Waals surface area contributed by atoms with E-state index in [0.29, 0.717) is 11.4 Å². The van der Waals surface area contributed by atoms with Crippen molar-refractivity contribution in [3.63, 3.8) is 0 Å². The first kappa shape index (κ1) is 14.8. The molecule has 1 aromatic heterocycles. The lowest BCUT2D eigenvalue weighted by molar-refractivity contribution is 0.378. The van der Waals surface area contributed by atoms with Gasteiger partial charge in [0.25, 0.3) is 0 Å². The maximum absolute atomic E-state index is 9.79. The molecule has 0 unspecified atom stereocenters. The fourth-order valence-corrected chi connectivity index (χ4v) is 2.80. The van der Waals surface area contributed by atoms with Gasteiger partial charge in [-0.25, -0.2) is 0 Å². The second-order valence-electron chi connectivity index (χ2n) is 5.34. The smallest absolute Gasteiger partial charge is 0.244 e. The monoisotopic (exact) mass is 312 g/mol. The summed E-state index contributed by atoms with van der Waals surface area (Å²) in [5.41, 5.74) is 8.33. The van der Waals surface area contributed by atoms with Crippen LogP contribution in [0, 0.1) is 11.3 Å². The van der Waals surface area contributed by atoms with Crippen LogP contribution in [0.3, 0.4) is 0 Å². The zero-order valence-electron chi connectivity index (χ0n) is 12.5. The van der Waals surface area contributed by atoms with Gasteiger partial charge in [-0.05, 0) is 24.1 Å². The molecule has 0 spiro atoms. The molecule has 1 aliphatic rings. The van der Waals surface area contributed by atoms with Crippen molar-refractivity contribution in [2.45, 2.75) is 25.7 Å². The van der Waals surface area contributed by atoms with Gasteiger partial charge in [0.1, 0.15) is 11.6 Å². The van der Waals surface area contributed by atoms with E-state index in [4.69, 9.17) is 10.5 Å². The molecule has 7 nitrogen and oxygen atoms in total. The Hall–Kier alpha value is -3.14. The molecule has 5 N–H and O–H groups in total. The number of ether oxygens (including phenoxy) is 1. The maximum Gasteiger partial charge on any atom is 0.244 e. The summed E-state index contributed by atoms with van der Waals surface area (Å²) in [7, 11) is 0. The molecule has 3 rings (SSSR count). The van der Waals surface area contributed by atoms with Crippen molar-refractivity contribution in [1.29, 1.82) is 5.26 Å². The SMILES string of the molecule is CCCc1[nH]nc2c1[C@H](c1ccc(O)c(O)c1)C(C#N)=C(N)O2. The zero-order chi connectivity index (χ0) is 16.6. The number of nitrogens with one attached hydrogen (secondary N) is 1. The fourth-order valence-electron chi connectivity index (χ4n) is 2.80. The van der Waals surface area contributed by atoms with Crippen LogP contribution in [-0.2, 0) is 6.42 Å². The molecule has 1 atom stereocenters. The van der Waals surface area contributed by atoms with Crippen LogP contribution < -0.4 is 10.5 Å². The molecule has 2 aromatic rings. The van der Waals surface area contributed by atoms with Crippen molar-refractivity contribution in [2.24, 2.45) is 5.73 Å². The molecule has 2 heterocycles. The third-order valence-corrected chi connectivity index (χ3v) is 3.85. The van der Waals surface area contributed by atoms with E-state index in [2.05, 4.69) is 16.3 Å². The van der Waals surface area contributed by atoms with Crippen molar-refractivity contribution < 1.29 is 14.9 Å². The molecule has 0 radical (unpaired) electrons. The van der Waals surface area contributed by atoms with E-state index in [1.54, 1.807) is 6.07 Å². The number of hydrogen-bond acceptors (Lipinski definition) is 6. The minimum Gasteiger partial charge on any atom is -0.504 e. The average Bonchev–Trinajstić information content (AvgIpc) is 2.91. The number of rotatable bonds is 3. The van der Waals surface area contributed by atoms with E-state index in [-0.39, 0.29) is 23.0 Å². The van der Waals surface area contributed by atoms with E-state index in [1.807, 2.05) is 6.92 Å². The Labute approximate surface area is 132 Å². The number of nitrogens with zero attached hydrogens (tertiary/aromatic N) is 2. The van der Waals surface area contributed by atoms with Crippen molar-refractivity contribution >= 4 is 0 Å². The predicted molar refractivity (Wildman–Crippen MR) is 81.7 cm³/mol. The number of phenols is 2. The predicted octanol–water partition coefficient (Wildman–Crippen LogP) is 1.99. The number of fused-ring (bicyclic) bond motifs is 1. The van der Waals surface area contributed by atoms with Gasteiger partial charge in [-0.2, -0.15) is 5.26 Å². The van der Waals surface area contributed by atoms with Gasteiger partial charge in [0.2, 0.25) is 11.8 Å². The Morgan fingerprint density at radius 3 is 2.83 bits per heavy atom. The van der Waals surface area contributed by atoms with Gasteiger partial charge in [0, 0.05) is 11.3 Å². The third kappa shape index (κ3) is 2.34. The highest BCUT2D eigenvalue weighted by Crippen LogP contribution is 2.44. The number of H-pyrrole nitrogens is 1. The summed E-state index contributed by atoms with van der Waals surface area (Å²) in [6.07, 6.45) is 1.63. The Morgan fingerprint density at radius 1 is 1.39 bits per heavy atom. The highest BCUT2D eigenvalue weighted by molar-refractivity contribution is 5.57. The molecular weight excluding hydrogens is 296 g/mol. The quantitative estimate of drug-likeness (QED) is 0.642. The van der Waals surface area contributed by atoms with Gasteiger partial charge in [-0.1, -0.05) is 19.4 Å².